The summed E-state index contributed by atoms with van der Waals surface area (Å²) in [7, 11) is 1.55. The molecule has 1 fully saturated rings. The highest BCUT2D eigenvalue weighted by Crippen LogP contribution is 2.42. The van der Waals surface area contributed by atoms with Crippen molar-refractivity contribution in [1.29, 1.82) is 0 Å². The fourth-order valence-electron chi connectivity index (χ4n) is 3.72. The first-order chi connectivity index (χ1) is 15.1. The fourth-order valence-corrected chi connectivity index (χ4v) is 3.72. The number of benzene rings is 3. The zero-order chi connectivity index (χ0) is 21.8. The first-order valence-electron chi connectivity index (χ1n) is 9.80. The van der Waals surface area contributed by atoms with Crippen molar-refractivity contribution in [3.63, 3.8) is 0 Å². The van der Waals surface area contributed by atoms with E-state index in [1.54, 1.807) is 43.5 Å². The minimum absolute atomic E-state index is 0.480. The lowest BCUT2D eigenvalue weighted by Gasteiger charge is -2.27. The molecule has 0 aliphatic carbocycles. The van der Waals surface area contributed by atoms with Crippen molar-refractivity contribution >= 4 is 23.3 Å². The number of hydroxylamine groups is 1. The van der Waals surface area contributed by atoms with Crippen LogP contribution in [-0.4, -0.2) is 25.1 Å². The second-order valence-electron chi connectivity index (χ2n) is 7.11. The number of hydrogen-bond acceptors (Lipinski definition) is 6. The van der Waals surface area contributed by atoms with E-state index >= 15 is 0 Å². The van der Waals surface area contributed by atoms with Crippen LogP contribution in [0, 0.1) is 5.92 Å². The van der Waals surface area contributed by atoms with Crippen LogP contribution in [0.4, 0.5) is 11.4 Å². The minimum atomic E-state index is -1.45. The van der Waals surface area contributed by atoms with Crippen molar-refractivity contribution in [3.05, 3.63) is 90.5 Å². The zero-order valence-corrected chi connectivity index (χ0v) is 16.8. The van der Waals surface area contributed by atoms with Gasteiger partial charge in [-0.3, -0.25) is 9.63 Å². The van der Waals surface area contributed by atoms with Crippen LogP contribution in [0.1, 0.15) is 11.6 Å². The summed E-state index contributed by atoms with van der Waals surface area (Å²) in [5, 5.41) is 16.2. The number of carboxylic acids is 1. The Kier molecular flexibility index (Phi) is 5.86. The Balaban J connectivity index is 1.72. The molecule has 0 spiro atoms. The van der Waals surface area contributed by atoms with Crippen LogP contribution in [0.15, 0.2) is 84.9 Å². The number of para-hydroxylation sites is 1. The molecule has 4 rings (SSSR count). The van der Waals surface area contributed by atoms with E-state index in [1.807, 2.05) is 48.5 Å². The quantitative estimate of drug-likeness (QED) is 0.663. The summed E-state index contributed by atoms with van der Waals surface area (Å²) in [6.07, 6.45) is -1.45. The number of methoxy groups -OCH3 is 1. The van der Waals surface area contributed by atoms with Gasteiger partial charge in [-0.2, -0.15) is 0 Å². The third-order valence-electron chi connectivity index (χ3n) is 5.19. The standard InChI is InChI=1S/C24H22N2O5/c1-30-19-14-12-17(13-15-19)25-23(27)20-21(16-8-4-2-5-9-16)26(31-22(20)24(28)29)18-10-6-3-7-11-18/h2-15,20-22H,1H3,(H,25,27)(H,28,29)/p-1/t20-,21-,22+/m1/s1. The zero-order valence-electron chi connectivity index (χ0n) is 16.8. The summed E-state index contributed by atoms with van der Waals surface area (Å²) in [4.78, 5) is 31.0. The van der Waals surface area contributed by atoms with Crippen LogP contribution in [0.3, 0.4) is 0 Å². The highest BCUT2D eigenvalue weighted by molar-refractivity contribution is 5.97. The topological polar surface area (TPSA) is 90.9 Å². The van der Waals surface area contributed by atoms with Gasteiger partial charge < -0.3 is 20.0 Å². The number of hydrogen-bond donors (Lipinski definition) is 1. The molecule has 158 valence electrons. The number of ether oxygens (including phenoxy) is 1. The Morgan fingerprint density at radius 1 is 0.935 bits per heavy atom. The maximum Gasteiger partial charge on any atom is 0.233 e. The first kappa shape index (κ1) is 20.4. The van der Waals surface area contributed by atoms with E-state index in [1.165, 1.54) is 5.06 Å². The molecule has 1 aliphatic heterocycles. The summed E-state index contributed by atoms with van der Waals surface area (Å²) >= 11 is 0. The van der Waals surface area contributed by atoms with Gasteiger partial charge in [0.15, 0.2) is 0 Å². The summed E-state index contributed by atoms with van der Waals surface area (Å²) in [6.45, 7) is 0. The SMILES string of the molecule is COc1ccc(NC(=O)[C@H]2[C@@H](C(=O)[O-])ON(c3ccccc3)[C@@H]2c2ccccc2)cc1. The van der Waals surface area contributed by atoms with Crippen molar-refractivity contribution in [2.45, 2.75) is 12.1 Å². The van der Waals surface area contributed by atoms with Crippen LogP contribution in [0.5, 0.6) is 5.75 Å². The number of carbonyl (C=O) groups excluding carboxylic acids is 2. The molecular weight excluding hydrogens is 396 g/mol. The third-order valence-corrected chi connectivity index (χ3v) is 5.19. The van der Waals surface area contributed by atoms with Crippen LogP contribution in [-0.2, 0) is 14.4 Å². The molecule has 3 atom stereocenters. The number of carbonyl (C=O) groups is 2. The van der Waals surface area contributed by atoms with E-state index < -0.39 is 29.9 Å². The van der Waals surface area contributed by atoms with Crippen molar-refractivity contribution in [2.75, 3.05) is 17.5 Å². The van der Waals surface area contributed by atoms with E-state index in [2.05, 4.69) is 5.32 Å². The first-order valence-corrected chi connectivity index (χ1v) is 9.80. The highest BCUT2D eigenvalue weighted by atomic mass is 16.7. The van der Waals surface area contributed by atoms with Gasteiger partial charge >= 0.3 is 0 Å². The lowest BCUT2D eigenvalue weighted by molar-refractivity contribution is -0.316. The van der Waals surface area contributed by atoms with Gasteiger partial charge in [0.1, 0.15) is 11.9 Å². The molecule has 0 aromatic heterocycles. The fraction of sp³-hybridized carbons (Fsp3) is 0.167. The number of nitrogens with one attached hydrogen (secondary N) is 1. The molecular formula is C24H21N2O5-. The predicted molar refractivity (Wildman–Crippen MR) is 113 cm³/mol. The molecule has 1 N–H and O–H groups in total. The van der Waals surface area contributed by atoms with Gasteiger partial charge in [-0.25, -0.2) is 5.06 Å². The molecule has 3 aromatic carbocycles. The molecule has 0 saturated carbocycles. The monoisotopic (exact) mass is 417 g/mol. The lowest BCUT2D eigenvalue weighted by atomic mass is 9.88. The summed E-state index contributed by atoms with van der Waals surface area (Å²) in [5.74, 6) is -2.33. The summed E-state index contributed by atoms with van der Waals surface area (Å²) in [6, 6.07) is 24.4. The molecule has 0 bridgehead atoms. The minimum Gasteiger partial charge on any atom is -0.547 e. The van der Waals surface area contributed by atoms with Crippen LogP contribution in [0.2, 0.25) is 0 Å². The Morgan fingerprint density at radius 3 is 2.13 bits per heavy atom. The van der Waals surface area contributed by atoms with Gasteiger partial charge in [-0.05, 0) is 42.0 Å². The van der Waals surface area contributed by atoms with Gasteiger partial charge in [0, 0.05) is 5.69 Å². The maximum absolute atomic E-state index is 13.3. The Bertz CT molecular complexity index is 1040. The molecule has 7 nitrogen and oxygen atoms in total. The van der Waals surface area contributed by atoms with Crippen molar-refractivity contribution in [2.24, 2.45) is 5.92 Å². The Hall–Kier alpha value is -3.84. The average Bonchev–Trinajstić information content (AvgIpc) is 3.22. The van der Waals surface area contributed by atoms with Gasteiger partial charge in [0.25, 0.3) is 0 Å². The number of carboxylic acid groups (broad SMARTS) is 1. The average molecular weight is 417 g/mol. The van der Waals surface area contributed by atoms with Gasteiger partial charge in [0.05, 0.1) is 30.7 Å². The van der Waals surface area contributed by atoms with Crippen molar-refractivity contribution < 1.29 is 24.3 Å². The van der Waals surface area contributed by atoms with Gasteiger partial charge in [-0.15, -0.1) is 0 Å². The number of aliphatic carboxylic acids is 1. The number of anilines is 2. The number of rotatable bonds is 6. The molecule has 0 unspecified atom stereocenters. The second kappa shape index (κ2) is 8.89. The Labute approximate surface area is 179 Å². The normalized spacial score (nSPS) is 20.3. The van der Waals surface area contributed by atoms with Gasteiger partial charge in [0.2, 0.25) is 5.91 Å². The van der Waals surface area contributed by atoms with E-state index in [4.69, 9.17) is 9.57 Å². The summed E-state index contributed by atoms with van der Waals surface area (Å²) < 4.78 is 5.14. The highest BCUT2D eigenvalue weighted by Gasteiger charge is 2.49. The molecule has 0 radical (unpaired) electrons. The van der Waals surface area contributed by atoms with E-state index in [9.17, 15) is 14.7 Å². The van der Waals surface area contributed by atoms with E-state index in [0.717, 1.165) is 5.56 Å². The molecule has 1 heterocycles. The molecule has 1 amide bonds. The molecule has 3 aromatic rings. The molecule has 1 saturated heterocycles. The Morgan fingerprint density at radius 2 is 1.55 bits per heavy atom. The molecule has 31 heavy (non-hydrogen) atoms. The third kappa shape index (κ3) is 4.22. The van der Waals surface area contributed by atoms with E-state index in [0.29, 0.717) is 17.1 Å². The lowest BCUT2D eigenvalue weighted by Crippen LogP contribution is -2.44. The van der Waals surface area contributed by atoms with Crippen LogP contribution < -0.4 is 20.2 Å². The van der Waals surface area contributed by atoms with Crippen molar-refractivity contribution in [1.82, 2.24) is 0 Å². The number of nitrogens with zero attached hydrogens (tertiary/aromatic N) is 1. The van der Waals surface area contributed by atoms with Crippen LogP contribution >= 0.6 is 0 Å². The van der Waals surface area contributed by atoms with Crippen LogP contribution in [0.25, 0.3) is 0 Å². The maximum atomic E-state index is 13.3. The summed E-state index contributed by atoms with van der Waals surface area (Å²) in [5.41, 5.74) is 1.92. The predicted octanol–water partition coefficient (Wildman–Crippen LogP) is 2.56. The second-order valence-corrected chi connectivity index (χ2v) is 7.11. The molecule has 1 aliphatic rings. The van der Waals surface area contributed by atoms with Gasteiger partial charge in [-0.1, -0.05) is 48.5 Å². The van der Waals surface area contributed by atoms with Crippen molar-refractivity contribution in [3.8, 4) is 5.75 Å². The van der Waals surface area contributed by atoms with E-state index in [-0.39, 0.29) is 0 Å². The molecule has 7 heteroatoms. The smallest absolute Gasteiger partial charge is 0.233 e. The largest absolute Gasteiger partial charge is 0.547 e. The number of amides is 1.